The maximum atomic E-state index is 4.98. The molecule has 21 heavy (non-hydrogen) atoms. The van der Waals surface area contributed by atoms with Crippen LogP contribution in [-0.4, -0.2) is 25.1 Å². The van der Waals surface area contributed by atoms with Gasteiger partial charge in [0.2, 0.25) is 0 Å². The average molecular weight is 287 g/mol. The van der Waals surface area contributed by atoms with Gasteiger partial charge in [-0.05, 0) is 68.2 Å². The van der Waals surface area contributed by atoms with Crippen LogP contribution in [-0.2, 0) is 6.54 Å². The van der Waals surface area contributed by atoms with Crippen LogP contribution >= 0.6 is 0 Å². The number of nitrogens with one attached hydrogen (secondary N) is 1. The van der Waals surface area contributed by atoms with Crippen LogP contribution in [0.5, 0.6) is 0 Å². The zero-order valence-electron chi connectivity index (χ0n) is 13.7. The fraction of sp³-hybridized carbons (Fsp3) is 0.722. The Kier molecular flexibility index (Phi) is 4.48. The van der Waals surface area contributed by atoms with Gasteiger partial charge in [-0.3, -0.25) is 0 Å². The van der Waals surface area contributed by atoms with E-state index in [0.717, 1.165) is 18.4 Å². The molecular weight excluding hydrogens is 258 g/mol. The van der Waals surface area contributed by atoms with Crippen LogP contribution in [0.15, 0.2) is 12.1 Å². The highest BCUT2D eigenvalue weighted by Crippen LogP contribution is 2.35. The van der Waals surface area contributed by atoms with Gasteiger partial charge in [-0.1, -0.05) is 13.8 Å². The molecule has 0 aliphatic heterocycles. The monoisotopic (exact) mass is 287 g/mol. The summed E-state index contributed by atoms with van der Waals surface area (Å²) in [6.07, 6.45) is 5.64. The van der Waals surface area contributed by atoms with Crippen LogP contribution in [0.2, 0.25) is 0 Å². The maximum absolute atomic E-state index is 4.98. The van der Waals surface area contributed by atoms with E-state index >= 15 is 0 Å². The lowest BCUT2D eigenvalue weighted by molar-refractivity contribution is 0.665. The van der Waals surface area contributed by atoms with Crippen molar-refractivity contribution < 1.29 is 0 Å². The Morgan fingerprint density at radius 3 is 2.24 bits per heavy atom. The lowest BCUT2D eigenvalue weighted by atomic mass is 10.1. The van der Waals surface area contributed by atoms with E-state index in [-0.39, 0.29) is 0 Å². The molecule has 0 amide bonds. The summed E-state index contributed by atoms with van der Waals surface area (Å²) in [4.78, 5) is 7.55. The first-order valence-electron chi connectivity index (χ1n) is 8.56. The molecule has 0 radical (unpaired) electrons. The lowest BCUT2D eigenvalue weighted by Gasteiger charge is -2.25. The molecule has 1 heterocycles. The van der Waals surface area contributed by atoms with E-state index in [9.17, 15) is 0 Å². The fourth-order valence-electron chi connectivity index (χ4n) is 2.84. The van der Waals surface area contributed by atoms with E-state index < -0.39 is 0 Å². The molecule has 2 saturated carbocycles. The Morgan fingerprint density at radius 1 is 1.14 bits per heavy atom. The lowest BCUT2D eigenvalue weighted by Crippen LogP contribution is -2.29. The first kappa shape index (κ1) is 14.8. The number of nitrogens with zero attached hydrogens (tertiary/aromatic N) is 2. The Hall–Kier alpha value is -1.09. The van der Waals surface area contributed by atoms with Crippen LogP contribution < -0.4 is 10.2 Å². The van der Waals surface area contributed by atoms with Gasteiger partial charge >= 0.3 is 0 Å². The van der Waals surface area contributed by atoms with Crippen molar-refractivity contribution in [3.8, 4) is 0 Å². The van der Waals surface area contributed by atoms with Gasteiger partial charge in [0.25, 0.3) is 0 Å². The van der Waals surface area contributed by atoms with Gasteiger partial charge < -0.3 is 10.2 Å². The van der Waals surface area contributed by atoms with Gasteiger partial charge in [-0.25, -0.2) is 4.98 Å². The van der Waals surface area contributed by atoms with Gasteiger partial charge in [0.05, 0.1) is 0 Å². The number of rotatable bonds is 8. The Morgan fingerprint density at radius 2 is 1.76 bits per heavy atom. The summed E-state index contributed by atoms with van der Waals surface area (Å²) in [5.74, 6) is 3.54. The molecule has 2 aliphatic rings. The van der Waals surface area contributed by atoms with Crippen molar-refractivity contribution in [1.82, 2.24) is 10.3 Å². The maximum Gasteiger partial charge on any atom is 0.129 e. The van der Waals surface area contributed by atoms with E-state index in [2.05, 4.69) is 36.2 Å². The molecule has 0 unspecified atom stereocenters. The van der Waals surface area contributed by atoms with Crippen LogP contribution in [0.3, 0.4) is 0 Å². The van der Waals surface area contributed by atoms with Crippen LogP contribution in [0.1, 0.15) is 56.7 Å². The van der Waals surface area contributed by atoms with Gasteiger partial charge in [0.1, 0.15) is 5.82 Å². The second-order valence-electron chi connectivity index (χ2n) is 7.24. The molecule has 2 fully saturated rings. The van der Waals surface area contributed by atoms with Gasteiger partial charge in [0.15, 0.2) is 0 Å². The predicted octanol–water partition coefficient (Wildman–Crippen LogP) is 3.55. The molecule has 1 aromatic heterocycles. The zero-order chi connectivity index (χ0) is 14.8. The van der Waals surface area contributed by atoms with Crippen molar-refractivity contribution in [1.29, 1.82) is 0 Å². The van der Waals surface area contributed by atoms with Crippen LogP contribution in [0.25, 0.3) is 0 Å². The highest BCUT2D eigenvalue weighted by molar-refractivity contribution is 5.44. The number of aromatic nitrogens is 1. The molecule has 3 nitrogen and oxygen atoms in total. The topological polar surface area (TPSA) is 28.2 Å². The zero-order valence-corrected chi connectivity index (χ0v) is 13.7. The summed E-state index contributed by atoms with van der Waals surface area (Å²) < 4.78 is 0. The molecule has 0 atom stereocenters. The molecule has 0 bridgehead atoms. The molecule has 1 N–H and O–H groups in total. The molecule has 3 heteroatoms. The third-order valence-electron chi connectivity index (χ3n) is 4.54. The molecule has 0 saturated heterocycles. The van der Waals surface area contributed by atoms with Crippen molar-refractivity contribution in [3.05, 3.63) is 23.4 Å². The van der Waals surface area contributed by atoms with E-state index in [1.807, 2.05) is 7.05 Å². The largest absolute Gasteiger partial charge is 0.356 e. The quantitative estimate of drug-likeness (QED) is 0.792. The predicted molar refractivity (Wildman–Crippen MR) is 88.8 cm³/mol. The number of hydrogen-bond acceptors (Lipinski definition) is 3. The minimum atomic E-state index is 0.490. The Balaban J connectivity index is 1.84. The van der Waals surface area contributed by atoms with E-state index in [0.29, 0.717) is 5.92 Å². The average Bonchev–Trinajstić information content (AvgIpc) is 3.33. The van der Waals surface area contributed by atoms with Gasteiger partial charge in [0, 0.05) is 25.3 Å². The highest BCUT2D eigenvalue weighted by Gasteiger charge is 2.30. The molecule has 1 aromatic rings. The van der Waals surface area contributed by atoms with Gasteiger partial charge in [-0.2, -0.15) is 0 Å². The molecule has 0 aromatic carbocycles. The van der Waals surface area contributed by atoms with Crippen LogP contribution in [0, 0.1) is 11.8 Å². The first-order valence-corrected chi connectivity index (χ1v) is 8.56. The minimum absolute atomic E-state index is 0.490. The SMILES string of the molecule is CNCc1cc(C(C)C)nc(N(CC2CC2)CC2CC2)c1. The summed E-state index contributed by atoms with van der Waals surface area (Å²) in [5, 5.41) is 3.28. The van der Waals surface area contributed by atoms with Gasteiger partial charge in [-0.15, -0.1) is 0 Å². The van der Waals surface area contributed by atoms with Crippen molar-refractivity contribution in [3.63, 3.8) is 0 Å². The first-order chi connectivity index (χ1) is 10.2. The van der Waals surface area contributed by atoms with E-state index in [4.69, 9.17) is 4.98 Å². The standard InChI is InChI=1S/C18H29N3/c1-13(2)17-8-16(10-19-3)9-18(20-17)21(11-14-4-5-14)12-15-6-7-15/h8-9,13-15,19H,4-7,10-12H2,1-3H3. The van der Waals surface area contributed by atoms with Crippen molar-refractivity contribution in [2.24, 2.45) is 11.8 Å². The third-order valence-corrected chi connectivity index (χ3v) is 4.54. The molecule has 2 aliphatic carbocycles. The normalized spacial score (nSPS) is 18.3. The number of hydrogen-bond donors (Lipinski definition) is 1. The summed E-state index contributed by atoms with van der Waals surface area (Å²) in [7, 11) is 2.02. The summed E-state index contributed by atoms with van der Waals surface area (Å²) >= 11 is 0. The van der Waals surface area contributed by atoms with Crippen molar-refractivity contribution >= 4 is 5.82 Å². The number of pyridine rings is 1. The van der Waals surface area contributed by atoms with E-state index in [1.165, 1.54) is 55.8 Å². The van der Waals surface area contributed by atoms with E-state index in [1.54, 1.807) is 0 Å². The highest BCUT2D eigenvalue weighted by atomic mass is 15.2. The summed E-state index contributed by atoms with van der Waals surface area (Å²) in [6, 6.07) is 4.56. The molecule has 116 valence electrons. The Labute approximate surface area is 129 Å². The minimum Gasteiger partial charge on any atom is -0.356 e. The molecular formula is C18H29N3. The van der Waals surface area contributed by atoms with Crippen molar-refractivity contribution in [2.75, 3.05) is 25.0 Å². The molecule has 3 rings (SSSR count). The second kappa shape index (κ2) is 6.35. The third kappa shape index (κ3) is 4.19. The van der Waals surface area contributed by atoms with Crippen LogP contribution in [0.4, 0.5) is 5.82 Å². The molecule has 0 spiro atoms. The Bertz CT molecular complexity index is 461. The smallest absolute Gasteiger partial charge is 0.129 e. The van der Waals surface area contributed by atoms with Crippen molar-refractivity contribution in [2.45, 2.75) is 52.0 Å². The summed E-state index contributed by atoms with van der Waals surface area (Å²) in [5.41, 5.74) is 2.59. The number of anilines is 1. The fourth-order valence-corrected chi connectivity index (χ4v) is 2.84. The summed E-state index contributed by atoms with van der Waals surface area (Å²) in [6.45, 7) is 7.83. The second-order valence-corrected chi connectivity index (χ2v) is 7.24.